The maximum Gasteiger partial charge on any atom is 0.0827 e. The minimum atomic E-state index is -0.429. The van der Waals surface area contributed by atoms with Gasteiger partial charge in [0, 0.05) is 11.6 Å². The van der Waals surface area contributed by atoms with Gasteiger partial charge in [0.05, 0.1) is 11.6 Å². The normalized spacial score (nSPS) is 13.3. The van der Waals surface area contributed by atoms with E-state index < -0.39 is 6.10 Å². The molecule has 0 bridgehead atoms. The van der Waals surface area contributed by atoms with Crippen LogP contribution in [0.15, 0.2) is 36.5 Å². The van der Waals surface area contributed by atoms with Crippen molar-refractivity contribution in [2.24, 2.45) is 5.92 Å². The summed E-state index contributed by atoms with van der Waals surface area (Å²) in [4.78, 5) is 4.32. The molecule has 78 valence electrons. The maximum atomic E-state index is 9.92. The molecule has 2 rings (SSSR count). The second kappa shape index (κ2) is 3.99. The number of nitrogens with zero attached hydrogens (tertiary/aromatic N) is 1. The van der Waals surface area contributed by atoms with E-state index in [9.17, 15) is 5.11 Å². The molecule has 15 heavy (non-hydrogen) atoms. The monoisotopic (exact) mass is 201 g/mol. The predicted octanol–water partition coefficient (Wildman–Crippen LogP) is 2.92. The first kappa shape index (κ1) is 10.1. The fraction of sp³-hybridized carbons (Fsp3) is 0.308. The summed E-state index contributed by atoms with van der Waals surface area (Å²) in [6.45, 7) is 4.00. The molecular weight excluding hydrogens is 186 g/mol. The van der Waals surface area contributed by atoms with Crippen molar-refractivity contribution in [1.82, 2.24) is 4.98 Å². The molecule has 2 aromatic rings. The van der Waals surface area contributed by atoms with E-state index in [1.807, 2.05) is 44.2 Å². The van der Waals surface area contributed by atoms with Gasteiger partial charge in [-0.1, -0.05) is 32.0 Å². The summed E-state index contributed by atoms with van der Waals surface area (Å²) >= 11 is 0. The van der Waals surface area contributed by atoms with Crippen molar-refractivity contribution in [2.75, 3.05) is 0 Å². The molecule has 0 aliphatic rings. The molecule has 1 N–H and O–H groups in total. The van der Waals surface area contributed by atoms with Crippen LogP contribution in [0.25, 0.3) is 10.9 Å². The number of hydrogen-bond acceptors (Lipinski definition) is 2. The number of aromatic nitrogens is 1. The van der Waals surface area contributed by atoms with Gasteiger partial charge in [0.15, 0.2) is 0 Å². The lowest BCUT2D eigenvalue weighted by Gasteiger charge is -2.14. The minimum Gasteiger partial charge on any atom is -0.388 e. The molecular formula is C13H15NO. The Balaban J connectivity index is 2.47. The van der Waals surface area contributed by atoms with Gasteiger partial charge in [-0.15, -0.1) is 0 Å². The van der Waals surface area contributed by atoms with E-state index in [-0.39, 0.29) is 5.92 Å². The lowest BCUT2D eigenvalue weighted by molar-refractivity contribution is 0.126. The van der Waals surface area contributed by atoms with Gasteiger partial charge in [-0.2, -0.15) is 0 Å². The van der Waals surface area contributed by atoms with Crippen molar-refractivity contribution in [3.63, 3.8) is 0 Å². The van der Waals surface area contributed by atoms with E-state index >= 15 is 0 Å². The van der Waals surface area contributed by atoms with E-state index in [4.69, 9.17) is 0 Å². The molecule has 0 aliphatic heterocycles. The highest BCUT2D eigenvalue weighted by atomic mass is 16.3. The molecule has 2 heteroatoms. The average molecular weight is 201 g/mol. The van der Waals surface area contributed by atoms with Crippen molar-refractivity contribution in [3.05, 3.63) is 42.1 Å². The molecule has 1 aromatic heterocycles. The Bertz CT molecular complexity index is 465. The molecule has 0 radical (unpaired) electrons. The molecule has 0 fully saturated rings. The summed E-state index contributed by atoms with van der Waals surface area (Å²) < 4.78 is 0. The second-order valence-corrected chi connectivity index (χ2v) is 4.15. The lowest BCUT2D eigenvalue weighted by Crippen LogP contribution is -2.05. The van der Waals surface area contributed by atoms with Gasteiger partial charge in [-0.3, -0.25) is 4.98 Å². The lowest BCUT2D eigenvalue weighted by atomic mass is 9.99. The van der Waals surface area contributed by atoms with Gasteiger partial charge in [-0.05, 0) is 23.6 Å². The molecule has 2 nitrogen and oxygen atoms in total. The average Bonchev–Trinajstić information content (AvgIpc) is 2.27. The number of pyridine rings is 1. The molecule has 0 saturated heterocycles. The topological polar surface area (TPSA) is 33.1 Å². The maximum absolute atomic E-state index is 9.92. The van der Waals surface area contributed by atoms with Crippen molar-refractivity contribution >= 4 is 10.9 Å². The number of hydrogen-bond donors (Lipinski definition) is 1. The highest BCUT2D eigenvalue weighted by molar-refractivity contribution is 5.78. The Morgan fingerprint density at radius 1 is 1.20 bits per heavy atom. The zero-order valence-electron chi connectivity index (χ0n) is 9.01. The molecule has 0 amide bonds. The third-order valence-electron chi connectivity index (χ3n) is 2.58. The zero-order chi connectivity index (χ0) is 10.8. The Morgan fingerprint density at radius 2 is 1.93 bits per heavy atom. The van der Waals surface area contributed by atoms with Gasteiger partial charge in [0.2, 0.25) is 0 Å². The van der Waals surface area contributed by atoms with E-state index in [2.05, 4.69) is 4.98 Å². The van der Waals surface area contributed by atoms with E-state index in [0.29, 0.717) is 0 Å². The second-order valence-electron chi connectivity index (χ2n) is 4.15. The Kier molecular flexibility index (Phi) is 2.69. The molecule has 1 heterocycles. The highest BCUT2D eigenvalue weighted by Gasteiger charge is 2.12. The quantitative estimate of drug-likeness (QED) is 0.810. The summed E-state index contributed by atoms with van der Waals surface area (Å²) in [6, 6.07) is 9.94. The molecule has 0 unspecified atom stereocenters. The van der Waals surface area contributed by atoms with Crippen LogP contribution in [-0.4, -0.2) is 10.1 Å². The van der Waals surface area contributed by atoms with Gasteiger partial charge in [-0.25, -0.2) is 0 Å². The molecule has 0 saturated carbocycles. The van der Waals surface area contributed by atoms with Crippen LogP contribution in [-0.2, 0) is 0 Å². The van der Waals surface area contributed by atoms with Crippen LogP contribution in [0, 0.1) is 5.92 Å². The van der Waals surface area contributed by atoms with Gasteiger partial charge < -0.3 is 5.11 Å². The summed E-state index contributed by atoms with van der Waals surface area (Å²) in [5.41, 5.74) is 1.86. The van der Waals surface area contributed by atoms with Gasteiger partial charge in [0.1, 0.15) is 0 Å². The SMILES string of the molecule is CC(C)[C@H](O)c1cnc2ccccc2c1. The molecule has 0 aliphatic carbocycles. The Hall–Kier alpha value is -1.41. The number of benzene rings is 1. The Morgan fingerprint density at radius 3 is 2.67 bits per heavy atom. The van der Waals surface area contributed by atoms with Crippen LogP contribution >= 0.6 is 0 Å². The number of fused-ring (bicyclic) bond motifs is 1. The van der Waals surface area contributed by atoms with E-state index in [0.717, 1.165) is 16.5 Å². The first-order chi connectivity index (χ1) is 7.18. The summed E-state index contributed by atoms with van der Waals surface area (Å²) in [6.07, 6.45) is 1.33. The molecule has 1 aromatic carbocycles. The summed E-state index contributed by atoms with van der Waals surface area (Å²) in [5.74, 6) is 0.216. The third kappa shape index (κ3) is 2.00. The number of aliphatic hydroxyl groups excluding tert-OH is 1. The smallest absolute Gasteiger partial charge is 0.0827 e. The van der Waals surface area contributed by atoms with E-state index in [1.165, 1.54) is 0 Å². The zero-order valence-corrected chi connectivity index (χ0v) is 9.01. The third-order valence-corrected chi connectivity index (χ3v) is 2.58. The van der Waals surface area contributed by atoms with Crippen LogP contribution in [0.2, 0.25) is 0 Å². The fourth-order valence-corrected chi connectivity index (χ4v) is 1.63. The Labute approximate surface area is 89.6 Å². The van der Waals surface area contributed by atoms with Crippen LogP contribution in [0.3, 0.4) is 0 Å². The number of rotatable bonds is 2. The summed E-state index contributed by atoms with van der Waals surface area (Å²) in [5, 5.41) is 11.0. The van der Waals surface area contributed by atoms with Crippen LogP contribution in [0.1, 0.15) is 25.5 Å². The van der Waals surface area contributed by atoms with Crippen molar-refractivity contribution in [1.29, 1.82) is 0 Å². The van der Waals surface area contributed by atoms with Gasteiger partial charge in [0.25, 0.3) is 0 Å². The first-order valence-electron chi connectivity index (χ1n) is 5.21. The van der Waals surface area contributed by atoms with Crippen LogP contribution in [0.4, 0.5) is 0 Å². The number of aliphatic hydroxyl groups is 1. The van der Waals surface area contributed by atoms with Crippen LogP contribution in [0.5, 0.6) is 0 Å². The minimum absolute atomic E-state index is 0.216. The van der Waals surface area contributed by atoms with Crippen molar-refractivity contribution in [2.45, 2.75) is 20.0 Å². The largest absolute Gasteiger partial charge is 0.388 e. The van der Waals surface area contributed by atoms with E-state index in [1.54, 1.807) is 6.20 Å². The van der Waals surface area contributed by atoms with Crippen molar-refractivity contribution in [3.8, 4) is 0 Å². The molecule has 0 spiro atoms. The standard InChI is InChI=1S/C13H15NO/c1-9(2)13(15)11-7-10-5-3-4-6-12(10)14-8-11/h3-9,13,15H,1-2H3/t13-/m0/s1. The highest BCUT2D eigenvalue weighted by Crippen LogP contribution is 2.23. The molecule has 1 atom stereocenters. The first-order valence-corrected chi connectivity index (χ1v) is 5.21. The fourth-order valence-electron chi connectivity index (χ4n) is 1.63. The number of para-hydroxylation sites is 1. The van der Waals surface area contributed by atoms with Crippen LogP contribution < -0.4 is 0 Å². The predicted molar refractivity (Wildman–Crippen MR) is 61.5 cm³/mol. The van der Waals surface area contributed by atoms with Gasteiger partial charge >= 0.3 is 0 Å². The van der Waals surface area contributed by atoms with Crippen molar-refractivity contribution < 1.29 is 5.11 Å². The summed E-state index contributed by atoms with van der Waals surface area (Å²) in [7, 11) is 0.